The van der Waals surface area contributed by atoms with Gasteiger partial charge in [-0.1, -0.05) is 45.2 Å². The minimum atomic E-state index is -1.93. The molecule has 1 N–H and O–H groups in total. The van der Waals surface area contributed by atoms with E-state index in [4.69, 9.17) is 16.7 Å². The van der Waals surface area contributed by atoms with Crippen LogP contribution in [0.3, 0.4) is 0 Å². The van der Waals surface area contributed by atoms with Crippen LogP contribution in [0, 0.1) is 11.8 Å². The Morgan fingerprint density at radius 3 is 2.23 bits per heavy atom. The van der Waals surface area contributed by atoms with Crippen LogP contribution in [-0.4, -0.2) is 16.8 Å². The standard InChI is InChI=1S/C10H20ClFO/c1-8(2)5-4-6-9(3)10(11,12)7-13/h8-9,13H,4-7H2,1-3H3/t9-,10-/m1/s1. The lowest BCUT2D eigenvalue weighted by Gasteiger charge is -2.23. The van der Waals surface area contributed by atoms with E-state index in [1.54, 1.807) is 6.92 Å². The minimum Gasteiger partial charge on any atom is -0.392 e. The van der Waals surface area contributed by atoms with Crippen molar-refractivity contribution >= 4 is 11.6 Å². The summed E-state index contributed by atoms with van der Waals surface area (Å²) < 4.78 is 13.3. The third-order valence-corrected chi connectivity index (χ3v) is 2.84. The van der Waals surface area contributed by atoms with Gasteiger partial charge in [-0.15, -0.1) is 0 Å². The quantitative estimate of drug-likeness (QED) is 0.667. The second-order valence-corrected chi connectivity index (χ2v) is 4.77. The lowest BCUT2D eigenvalue weighted by molar-refractivity contribution is 0.0905. The molecule has 0 fully saturated rings. The van der Waals surface area contributed by atoms with E-state index in [1.165, 1.54) is 0 Å². The molecular weight excluding hydrogens is 191 g/mol. The van der Waals surface area contributed by atoms with Crippen LogP contribution in [0.25, 0.3) is 0 Å². The normalized spacial score (nSPS) is 18.7. The molecule has 0 saturated carbocycles. The molecule has 80 valence electrons. The SMILES string of the molecule is CC(C)CCC[C@@H](C)[C@@](F)(Cl)CO. The van der Waals surface area contributed by atoms with Crippen LogP contribution in [0.1, 0.15) is 40.0 Å². The highest BCUT2D eigenvalue weighted by Crippen LogP contribution is 2.30. The molecule has 0 aliphatic carbocycles. The summed E-state index contributed by atoms with van der Waals surface area (Å²) in [6, 6.07) is 0. The van der Waals surface area contributed by atoms with Gasteiger partial charge in [0.2, 0.25) is 5.13 Å². The van der Waals surface area contributed by atoms with Crippen molar-refractivity contribution in [2.24, 2.45) is 11.8 Å². The smallest absolute Gasteiger partial charge is 0.208 e. The van der Waals surface area contributed by atoms with Crippen molar-refractivity contribution in [2.75, 3.05) is 6.61 Å². The van der Waals surface area contributed by atoms with E-state index in [0.717, 1.165) is 19.3 Å². The Bertz CT molecular complexity index is 137. The first kappa shape index (κ1) is 13.2. The molecule has 0 rings (SSSR count). The van der Waals surface area contributed by atoms with Gasteiger partial charge in [0.15, 0.2) is 0 Å². The molecule has 1 nitrogen and oxygen atoms in total. The van der Waals surface area contributed by atoms with E-state index in [1.807, 2.05) is 0 Å². The molecule has 0 amide bonds. The van der Waals surface area contributed by atoms with Crippen LogP contribution < -0.4 is 0 Å². The highest BCUT2D eigenvalue weighted by molar-refractivity contribution is 6.23. The summed E-state index contributed by atoms with van der Waals surface area (Å²) in [5, 5.41) is 6.73. The van der Waals surface area contributed by atoms with Crippen molar-refractivity contribution in [2.45, 2.75) is 45.2 Å². The van der Waals surface area contributed by atoms with Gasteiger partial charge in [-0.05, 0) is 12.3 Å². The first-order valence-electron chi connectivity index (χ1n) is 4.88. The average Bonchev–Trinajstić information content (AvgIpc) is 2.03. The molecule has 0 heterocycles. The van der Waals surface area contributed by atoms with Crippen LogP contribution in [-0.2, 0) is 0 Å². The number of halogens is 2. The summed E-state index contributed by atoms with van der Waals surface area (Å²) in [5.41, 5.74) is 0. The summed E-state index contributed by atoms with van der Waals surface area (Å²) in [6.45, 7) is 5.42. The monoisotopic (exact) mass is 210 g/mol. The molecule has 13 heavy (non-hydrogen) atoms. The molecule has 0 spiro atoms. The highest BCUT2D eigenvalue weighted by Gasteiger charge is 2.32. The third-order valence-electron chi connectivity index (χ3n) is 2.35. The molecular formula is C10H20ClFO. The van der Waals surface area contributed by atoms with Crippen LogP contribution >= 0.6 is 11.6 Å². The molecule has 0 saturated heterocycles. The van der Waals surface area contributed by atoms with Gasteiger partial charge in [0.1, 0.15) is 0 Å². The topological polar surface area (TPSA) is 20.2 Å². The molecule has 0 aromatic carbocycles. The summed E-state index contributed by atoms with van der Waals surface area (Å²) in [7, 11) is 0. The van der Waals surface area contributed by atoms with Gasteiger partial charge in [-0.3, -0.25) is 0 Å². The van der Waals surface area contributed by atoms with E-state index >= 15 is 0 Å². The Hall–Kier alpha value is 0.180. The molecule has 0 aliphatic heterocycles. The summed E-state index contributed by atoms with van der Waals surface area (Å²) in [6.07, 6.45) is 2.79. The first-order chi connectivity index (χ1) is 5.90. The van der Waals surface area contributed by atoms with Crippen molar-refractivity contribution in [3.63, 3.8) is 0 Å². The fourth-order valence-corrected chi connectivity index (χ4v) is 1.31. The van der Waals surface area contributed by atoms with E-state index in [-0.39, 0.29) is 5.92 Å². The Morgan fingerprint density at radius 2 is 1.85 bits per heavy atom. The fourth-order valence-electron chi connectivity index (χ4n) is 1.20. The Balaban J connectivity index is 3.68. The largest absolute Gasteiger partial charge is 0.392 e. The van der Waals surface area contributed by atoms with Gasteiger partial charge in [-0.25, -0.2) is 4.39 Å². The zero-order valence-corrected chi connectivity index (χ0v) is 9.44. The molecule has 0 aromatic rings. The van der Waals surface area contributed by atoms with E-state index in [2.05, 4.69) is 13.8 Å². The second-order valence-electron chi connectivity index (χ2n) is 4.14. The maximum atomic E-state index is 13.3. The van der Waals surface area contributed by atoms with Crippen molar-refractivity contribution in [1.29, 1.82) is 0 Å². The maximum Gasteiger partial charge on any atom is 0.208 e. The van der Waals surface area contributed by atoms with Gasteiger partial charge in [0.05, 0.1) is 6.61 Å². The average molecular weight is 211 g/mol. The number of rotatable bonds is 6. The predicted octanol–water partition coefficient (Wildman–Crippen LogP) is 3.35. The van der Waals surface area contributed by atoms with E-state index in [0.29, 0.717) is 5.92 Å². The number of alkyl halides is 2. The first-order valence-corrected chi connectivity index (χ1v) is 5.26. The highest BCUT2D eigenvalue weighted by atomic mass is 35.5. The summed E-state index contributed by atoms with van der Waals surface area (Å²) >= 11 is 5.47. The van der Waals surface area contributed by atoms with Crippen molar-refractivity contribution in [1.82, 2.24) is 0 Å². The predicted molar refractivity (Wildman–Crippen MR) is 54.6 cm³/mol. The Labute approximate surface area is 85.3 Å². The molecule has 2 atom stereocenters. The molecule has 0 bridgehead atoms. The van der Waals surface area contributed by atoms with Gasteiger partial charge in [-0.2, -0.15) is 0 Å². The van der Waals surface area contributed by atoms with Crippen molar-refractivity contribution in [3.05, 3.63) is 0 Å². The number of hydrogen-bond acceptors (Lipinski definition) is 1. The van der Waals surface area contributed by atoms with Crippen LogP contribution in [0.15, 0.2) is 0 Å². The van der Waals surface area contributed by atoms with Gasteiger partial charge >= 0.3 is 0 Å². The molecule has 0 radical (unpaired) electrons. The van der Waals surface area contributed by atoms with E-state index in [9.17, 15) is 4.39 Å². The molecule has 3 heteroatoms. The van der Waals surface area contributed by atoms with Crippen molar-refractivity contribution in [3.8, 4) is 0 Å². The second kappa shape index (κ2) is 5.82. The minimum absolute atomic E-state index is 0.280. The third kappa shape index (κ3) is 5.48. The Morgan fingerprint density at radius 1 is 1.31 bits per heavy atom. The number of hydrogen-bond donors (Lipinski definition) is 1. The lowest BCUT2D eigenvalue weighted by Crippen LogP contribution is -2.28. The van der Waals surface area contributed by atoms with Gasteiger partial charge in [0, 0.05) is 5.92 Å². The van der Waals surface area contributed by atoms with Crippen molar-refractivity contribution < 1.29 is 9.50 Å². The number of aliphatic hydroxyl groups excluding tert-OH is 1. The lowest BCUT2D eigenvalue weighted by atomic mass is 9.96. The Kier molecular flexibility index (Phi) is 5.90. The molecule has 0 aromatic heterocycles. The maximum absolute atomic E-state index is 13.3. The molecule has 0 unspecified atom stereocenters. The zero-order valence-electron chi connectivity index (χ0n) is 8.69. The fraction of sp³-hybridized carbons (Fsp3) is 1.00. The van der Waals surface area contributed by atoms with Gasteiger partial charge < -0.3 is 5.11 Å². The van der Waals surface area contributed by atoms with Crippen LogP contribution in [0.5, 0.6) is 0 Å². The van der Waals surface area contributed by atoms with Crippen LogP contribution in [0.2, 0.25) is 0 Å². The van der Waals surface area contributed by atoms with Gasteiger partial charge in [0.25, 0.3) is 0 Å². The number of aliphatic hydroxyl groups is 1. The zero-order chi connectivity index (χ0) is 10.5. The van der Waals surface area contributed by atoms with Crippen LogP contribution in [0.4, 0.5) is 4.39 Å². The summed E-state index contributed by atoms with van der Waals surface area (Å²) in [4.78, 5) is 0. The van der Waals surface area contributed by atoms with E-state index < -0.39 is 11.7 Å². The summed E-state index contributed by atoms with van der Waals surface area (Å²) in [5.74, 6) is 0.364. The molecule has 0 aliphatic rings.